The normalized spacial score (nSPS) is 21.9. The summed E-state index contributed by atoms with van der Waals surface area (Å²) >= 11 is 1.66. The number of methoxy groups -OCH3 is 1. The number of rotatable bonds is 6. The molecule has 0 radical (unpaired) electrons. The van der Waals surface area contributed by atoms with E-state index in [4.69, 9.17) is 4.74 Å². The van der Waals surface area contributed by atoms with Crippen LogP contribution in [0.3, 0.4) is 0 Å². The summed E-state index contributed by atoms with van der Waals surface area (Å²) in [6.07, 6.45) is 4.07. The van der Waals surface area contributed by atoms with Gasteiger partial charge in [-0.05, 0) is 24.0 Å². The molecular weight excluding hydrogens is 314 g/mol. The quantitative estimate of drug-likeness (QED) is 0.766. The number of nitrogens with one attached hydrogen (secondary N) is 2. The molecule has 1 fully saturated rings. The number of thioether (sulfide) groups is 1. The lowest BCUT2D eigenvalue weighted by atomic mass is 10.0. The average molecular weight is 337 g/mol. The lowest BCUT2D eigenvalue weighted by Gasteiger charge is -2.20. The van der Waals surface area contributed by atoms with Gasteiger partial charge in [-0.25, -0.2) is 4.79 Å². The maximum Gasteiger partial charge on any atom is 0.328 e. The second kappa shape index (κ2) is 8.31. The maximum absolute atomic E-state index is 12.4. The number of aromatic nitrogens is 1. The Morgan fingerprint density at radius 2 is 2.30 bits per heavy atom. The minimum absolute atomic E-state index is 0.0427. The average Bonchev–Trinajstić information content (AvgIpc) is 3.04. The number of hydrogen-bond acceptors (Lipinski definition) is 6. The van der Waals surface area contributed by atoms with Crippen LogP contribution in [0.25, 0.3) is 0 Å². The molecule has 3 unspecified atom stereocenters. The number of hydrogen-bond donors (Lipinski definition) is 2. The number of ether oxygens (including phenoxy) is 1. The highest BCUT2D eigenvalue weighted by Crippen LogP contribution is 2.32. The van der Waals surface area contributed by atoms with Crippen molar-refractivity contribution in [1.29, 1.82) is 0 Å². The molecule has 0 aliphatic carbocycles. The fourth-order valence-corrected chi connectivity index (χ4v) is 3.67. The van der Waals surface area contributed by atoms with Crippen molar-refractivity contribution in [3.63, 3.8) is 0 Å². The first kappa shape index (κ1) is 17.7. The lowest BCUT2D eigenvalue weighted by molar-refractivity contribution is -0.145. The summed E-state index contributed by atoms with van der Waals surface area (Å²) in [5.41, 5.74) is 1.04. The molecule has 2 heterocycles. The molecule has 23 heavy (non-hydrogen) atoms. The van der Waals surface area contributed by atoms with Crippen molar-refractivity contribution in [2.75, 3.05) is 12.9 Å². The number of nitrogens with zero attached hydrogens (tertiary/aromatic N) is 1. The summed E-state index contributed by atoms with van der Waals surface area (Å²) in [6.45, 7) is 4.01. The van der Waals surface area contributed by atoms with Crippen molar-refractivity contribution < 1.29 is 14.3 Å². The topological polar surface area (TPSA) is 80.3 Å². The Hall–Kier alpha value is -1.60. The molecule has 0 saturated carbocycles. The number of amides is 1. The number of carbonyl (C=O) groups excluding carboxylic acids is 2. The zero-order valence-corrected chi connectivity index (χ0v) is 14.4. The summed E-state index contributed by atoms with van der Waals surface area (Å²) in [5.74, 6) is 0.371. The molecule has 7 heteroatoms. The van der Waals surface area contributed by atoms with Gasteiger partial charge in [0.15, 0.2) is 0 Å². The smallest absolute Gasteiger partial charge is 0.328 e. The van der Waals surface area contributed by atoms with Gasteiger partial charge in [0.1, 0.15) is 6.04 Å². The van der Waals surface area contributed by atoms with E-state index in [-0.39, 0.29) is 23.2 Å². The first-order chi connectivity index (χ1) is 11.0. The second-order valence-electron chi connectivity index (χ2n) is 5.93. The van der Waals surface area contributed by atoms with Crippen molar-refractivity contribution in [3.05, 3.63) is 30.1 Å². The Balaban J connectivity index is 1.94. The third-order valence-corrected chi connectivity index (χ3v) is 4.86. The van der Waals surface area contributed by atoms with Gasteiger partial charge in [-0.2, -0.15) is 0 Å². The first-order valence-electron chi connectivity index (χ1n) is 7.67. The zero-order valence-electron chi connectivity index (χ0n) is 13.6. The fourth-order valence-electron chi connectivity index (χ4n) is 2.45. The number of pyridine rings is 1. The van der Waals surface area contributed by atoms with Crippen LogP contribution in [-0.2, 0) is 14.3 Å². The predicted octanol–water partition coefficient (Wildman–Crippen LogP) is 1.49. The van der Waals surface area contributed by atoms with Crippen LogP contribution in [0.5, 0.6) is 0 Å². The molecule has 1 aliphatic heterocycles. The molecule has 2 N–H and O–H groups in total. The fraction of sp³-hybridized carbons (Fsp3) is 0.562. The van der Waals surface area contributed by atoms with E-state index in [0.29, 0.717) is 12.2 Å². The minimum atomic E-state index is -0.600. The molecule has 0 bridgehead atoms. The SMILES string of the molecule is COC(=O)C(CC(C)C)NC(=O)C1CSC(c2cccnc2)N1. The summed E-state index contributed by atoms with van der Waals surface area (Å²) in [4.78, 5) is 28.3. The van der Waals surface area contributed by atoms with E-state index in [1.807, 2.05) is 26.0 Å². The molecule has 1 aromatic rings. The molecule has 1 amide bonds. The van der Waals surface area contributed by atoms with Crippen LogP contribution in [-0.4, -0.2) is 41.8 Å². The van der Waals surface area contributed by atoms with Gasteiger partial charge in [0.2, 0.25) is 5.91 Å². The Kier molecular flexibility index (Phi) is 6.41. The molecule has 2 rings (SSSR count). The Bertz CT molecular complexity index is 539. The van der Waals surface area contributed by atoms with Gasteiger partial charge in [0, 0.05) is 18.1 Å². The Morgan fingerprint density at radius 3 is 2.91 bits per heavy atom. The largest absolute Gasteiger partial charge is 0.467 e. The van der Waals surface area contributed by atoms with Crippen LogP contribution in [0.2, 0.25) is 0 Å². The van der Waals surface area contributed by atoms with Gasteiger partial charge < -0.3 is 10.1 Å². The predicted molar refractivity (Wildman–Crippen MR) is 89.8 cm³/mol. The van der Waals surface area contributed by atoms with Gasteiger partial charge in [0.25, 0.3) is 0 Å². The molecule has 1 aliphatic rings. The molecular formula is C16H23N3O3S. The molecule has 0 spiro atoms. The van der Waals surface area contributed by atoms with Gasteiger partial charge in [-0.15, -0.1) is 11.8 Å². The molecule has 1 saturated heterocycles. The molecule has 0 aromatic carbocycles. The van der Waals surface area contributed by atoms with Crippen LogP contribution < -0.4 is 10.6 Å². The van der Waals surface area contributed by atoms with E-state index in [0.717, 1.165) is 5.56 Å². The number of carbonyl (C=O) groups is 2. The zero-order chi connectivity index (χ0) is 16.8. The van der Waals surface area contributed by atoms with Crippen LogP contribution in [0.15, 0.2) is 24.5 Å². The van der Waals surface area contributed by atoms with Crippen molar-refractivity contribution in [1.82, 2.24) is 15.6 Å². The van der Waals surface area contributed by atoms with Gasteiger partial charge in [0.05, 0.1) is 18.5 Å². The first-order valence-corrected chi connectivity index (χ1v) is 8.72. The Morgan fingerprint density at radius 1 is 1.52 bits per heavy atom. The van der Waals surface area contributed by atoms with Gasteiger partial charge >= 0.3 is 5.97 Å². The molecule has 1 aromatic heterocycles. The Labute approximate surface area is 140 Å². The summed E-state index contributed by atoms with van der Waals surface area (Å²) in [7, 11) is 1.34. The summed E-state index contributed by atoms with van der Waals surface area (Å²) < 4.78 is 4.78. The highest BCUT2D eigenvalue weighted by atomic mass is 32.2. The second-order valence-corrected chi connectivity index (χ2v) is 7.07. The van der Waals surface area contributed by atoms with Crippen molar-refractivity contribution in [3.8, 4) is 0 Å². The maximum atomic E-state index is 12.4. The van der Waals surface area contributed by atoms with Crippen LogP contribution >= 0.6 is 11.8 Å². The van der Waals surface area contributed by atoms with E-state index in [1.54, 1.807) is 24.2 Å². The molecule has 126 valence electrons. The monoisotopic (exact) mass is 337 g/mol. The number of esters is 1. The summed E-state index contributed by atoms with van der Waals surface area (Å²) in [6, 6.07) is 2.93. The highest BCUT2D eigenvalue weighted by Gasteiger charge is 2.33. The van der Waals surface area contributed by atoms with Gasteiger partial charge in [-0.1, -0.05) is 19.9 Å². The lowest BCUT2D eigenvalue weighted by Crippen LogP contribution is -2.50. The van der Waals surface area contributed by atoms with Crippen LogP contribution in [0, 0.1) is 5.92 Å². The van der Waals surface area contributed by atoms with Gasteiger partial charge in [-0.3, -0.25) is 15.1 Å². The minimum Gasteiger partial charge on any atom is -0.467 e. The van der Waals surface area contributed by atoms with E-state index >= 15 is 0 Å². The van der Waals surface area contributed by atoms with E-state index < -0.39 is 12.0 Å². The molecule has 6 nitrogen and oxygen atoms in total. The van der Waals surface area contributed by atoms with Crippen molar-refractivity contribution >= 4 is 23.6 Å². The standard InChI is InChI=1S/C16H23N3O3S/c1-10(2)7-12(16(21)22-3)18-14(20)13-9-23-15(19-13)11-5-4-6-17-8-11/h4-6,8,10,12-13,15,19H,7,9H2,1-3H3,(H,18,20). The third kappa shape index (κ3) is 4.94. The van der Waals surface area contributed by atoms with E-state index in [2.05, 4.69) is 15.6 Å². The van der Waals surface area contributed by atoms with Crippen molar-refractivity contribution in [2.24, 2.45) is 5.92 Å². The summed E-state index contributed by atoms with van der Waals surface area (Å²) in [5, 5.41) is 6.13. The molecule has 3 atom stereocenters. The highest BCUT2D eigenvalue weighted by molar-refractivity contribution is 7.99. The van der Waals surface area contributed by atoms with Crippen molar-refractivity contribution in [2.45, 2.75) is 37.7 Å². The van der Waals surface area contributed by atoms with E-state index in [1.165, 1.54) is 7.11 Å². The van der Waals surface area contributed by atoms with Crippen LogP contribution in [0.4, 0.5) is 0 Å². The van der Waals surface area contributed by atoms with E-state index in [9.17, 15) is 9.59 Å². The third-order valence-electron chi connectivity index (χ3n) is 3.60. The van der Waals surface area contributed by atoms with Crippen LogP contribution in [0.1, 0.15) is 31.2 Å².